The van der Waals surface area contributed by atoms with Crippen molar-refractivity contribution in [2.24, 2.45) is 5.73 Å². The van der Waals surface area contributed by atoms with E-state index in [1.807, 2.05) is 32.0 Å². The monoisotopic (exact) mass is 191 g/mol. The normalized spacial score (nSPS) is 11.5. The Kier molecular flexibility index (Phi) is 2.76. The first-order valence-corrected chi connectivity index (χ1v) is 4.72. The first kappa shape index (κ1) is 10.9. The second kappa shape index (κ2) is 3.54. The predicted octanol–water partition coefficient (Wildman–Crippen LogP) is 2.22. The minimum absolute atomic E-state index is 0.00991. The maximum Gasteiger partial charge on any atom is 0.182 e. The molecule has 0 aliphatic carbocycles. The zero-order valence-electron chi connectivity index (χ0n) is 9.22. The van der Waals surface area contributed by atoms with Crippen LogP contribution in [0.2, 0.25) is 0 Å². The molecule has 14 heavy (non-hydrogen) atoms. The molecular formula is C12H17NO. The number of carbonyl (C=O) groups excluding carboxylic acids is 1. The van der Waals surface area contributed by atoms with E-state index in [4.69, 9.17) is 5.73 Å². The zero-order chi connectivity index (χ0) is 10.9. The van der Waals surface area contributed by atoms with Crippen LogP contribution < -0.4 is 5.73 Å². The molecule has 0 heterocycles. The van der Waals surface area contributed by atoms with Gasteiger partial charge < -0.3 is 5.73 Å². The van der Waals surface area contributed by atoms with Gasteiger partial charge in [-0.3, -0.25) is 4.79 Å². The van der Waals surface area contributed by atoms with Crippen LogP contribution >= 0.6 is 0 Å². The Morgan fingerprint density at radius 2 is 1.57 bits per heavy atom. The molecule has 0 atom stereocenters. The summed E-state index contributed by atoms with van der Waals surface area (Å²) < 4.78 is 0. The first-order chi connectivity index (χ1) is 6.30. The highest BCUT2D eigenvalue weighted by molar-refractivity contribution is 6.02. The molecule has 0 aromatic heterocycles. The molecule has 2 nitrogen and oxygen atoms in total. The Hall–Kier alpha value is -1.15. The van der Waals surface area contributed by atoms with Gasteiger partial charge in [-0.15, -0.1) is 0 Å². The third-order valence-electron chi connectivity index (χ3n) is 2.07. The van der Waals surface area contributed by atoms with E-state index in [2.05, 4.69) is 0 Å². The van der Waals surface area contributed by atoms with Gasteiger partial charge in [-0.25, -0.2) is 0 Å². The number of rotatable bonds is 2. The molecule has 0 radical (unpaired) electrons. The van der Waals surface area contributed by atoms with Crippen LogP contribution in [0.1, 0.15) is 35.3 Å². The number of aryl methyl sites for hydroxylation is 2. The van der Waals surface area contributed by atoms with Crippen LogP contribution in [0.15, 0.2) is 18.2 Å². The van der Waals surface area contributed by atoms with E-state index in [1.165, 1.54) is 0 Å². The van der Waals surface area contributed by atoms with Crippen molar-refractivity contribution in [2.75, 3.05) is 0 Å². The number of benzene rings is 1. The topological polar surface area (TPSA) is 43.1 Å². The molecule has 0 bridgehead atoms. The lowest BCUT2D eigenvalue weighted by atomic mass is 9.92. The van der Waals surface area contributed by atoms with Crippen LogP contribution in [0.25, 0.3) is 0 Å². The minimum Gasteiger partial charge on any atom is -0.319 e. The van der Waals surface area contributed by atoms with Crippen molar-refractivity contribution in [2.45, 2.75) is 33.2 Å². The van der Waals surface area contributed by atoms with E-state index in [-0.39, 0.29) is 5.78 Å². The number of hydrogen-bond acceptors (Lipinski definition) is 2. The summed E-state index contributed by atoms with van der Waals surface area (Å²) >= 11 is 0. The van der Waals surface area contributed by atoms with Crippen LogP contribution in [-0.4, -0.2) is 11.3 Å². The molecule has 0 fully saturated rings. The first-order valence-electron chi connectivity index (χ1n) is 4.72. The molecule has 76 valence electrons. The van der Waals surface area contributed by atoms with Gasteiger partial charge in [0, 0.05) is 5.56 Å². The zero-order valence-corrected chi connectivity index (χ0v) is 9.22. The summed E-state index contributed by atoms with van der Waals surface area (Å²) in [6.45, 7) is 7.42. The van der Waals surface area contributed by atoms with Crippen LogP contribution in [0.5, 0.6) is 0 Å². The predicted molar refractivity (Wildman–Crippen MR) is 58.5 cm³/mol. The van der Waals surface area contributed by atoms with Crippen molar-refractivity contribution in [3.05, 3.63) is 34.9 Å². The van der Waals surface area contributed by atoms with E-state index < -0.39 is 5.54 Å². The van der Waals surface area contributed by atoms with E-state index in [0.717, 1.165) is 11.1 Å². The van der Waals surface area contributed by atoms with E-state index in [0.29, 0.717) is 5.56 Å². The fourth-order valence-corrected chi connectivity index (χ4v) is 1.48. The summed E-state index contributed by atoms with van der Waals surface area (Å²) in [6.07, 6.45) is 0. The number of ketones is 1. The van der Waals surface area contributed by atoms with Gasteiger partial charge in [-0.1, -0.05) is 17.2 Å². The van der Waals surface area contributed by atoms with Crippen molar-refractivity contribution in [1.82, 2.24) is 0 Å². The molecule has 0 unspecified atom stereocenters. The Morgan fingerprint density at radius 1 is 1.14 bits per heavy atom. The average molecular weight is 191 g/mol. The summed E-state index contributed by atoms with van der Waals surface area (Å²) in [4.78, 5) is 11.8. The molecule has 0 saturated carbocycles. The van der Waals surface area contributed by atoms with Gasteiger partial charge in [0.1, 0.15) is 0 Å². The van der Waals surface area contributed by atoms with E-state index in [9.17, 15) is 4.79 Å². The Balaban J connectivity index is 3.14. The highest BCUT2D eigenvalue weighted by Crippen LogP contribution is 2.14. The van der Waals surface area contributed by atoms with Crippen LogP contribution in [-0.2, 0) is 0 Å². The lowest BCUT2D eigenvalue weighted by Crippen LogP contribution is -2.41. The highest BCUT2D eigenvalue weighted by Gasteiger charge is 2.23. The lowest BCUT2D eigenvalue weighted by Gasteiger charge is -2.17. The van der Waals surface area contributed by atoms with Gasteiger partial charge in [0.25, 0.3) is 0 Å². The number of nitrogens with two attached hydrogens (primary N) is 1. The van der Waals surface area contributed by atoms with Gasteiger partial charge in [-0.05, 0) is 39.8 Å². The fourth-order valence-electron chi connectivity index (χ4n) is 1.48. The number of hydrogen-bond donors (Lipinski definition) is 1. The van der Waals surface area contributed by atoms with Crippen molar-refractivity contribution < 1.29 is 4.79 Å². The summed E-state index contributed by atoms with van der Waals surface area (Å²) in [7, 11) is 0. The quantitative estimate of drug-likeness (QED) is 0.728. The van der Waals surface area contributed by atoms with Gasteiger partial charge in [0.05, 0.1) is 5.54 Å². The summed E-state index contributed by atoms with van der Waals surface area (Å²) in [5, 5.41) is 0. The standard InChI is InChI=1S/C12H17NO/c1-8-5-9(2)7-10(6-8)11(14)12(3,4)13/h5-7H,13H2,1-4H3. The Labute approximate surface area is 85.1 Å². The lowest BCUT2D eigenvalue weighted by molar-refractivity contribution is 0.0913. The van der Waals surface area contributed by atoms with Crippen molar-refractivity contribution >= 4 is 5.78 Å². The summed E-state index contributed by atoms with van der Waals surface area (Å²) in [5.74, 6) is -0.00991. The fraction of sp³-hybridized carbons (Fsp3) is 0.417. The maximum absolute atomic E-state index is 11.8. The van der Waals surface area contributed by atoms with Crippen molar-refractivity contribution in [1.29, 1.82) is 0 Å². The second-order valence-corrected chi connectivity index (χ2v) is 4.43. The SMILES string of the molecule is Cc1cc(C)cc(C(=O)C(C)(C)N)c1. The smallest absolute Gasteiger partial charge is 0.182 e. The highest BCUT2D eigenvalue weighted by atomic mass is 16.1. The van der Waals surface area contributed by atoms with Gasteiger partial charge in [0.2, 0.25) is 0 Å². The average Bonchev–Trinajstić information content (AvgIpc) is 1.99. The van der Waals surface area contributed by atoms with Gasteiger partial charge >= 0.3 is 0 Å². The summed E-state index contributed by atoms with van der Waals surface area (Å²) in [6, 6.07) is 5.80. The molecule has 0 amide bonds. The molecule has 1 aromatic carbocycles. The second-order valence-electron chi connectivity index (χ2n) is 4.43. The molecule has 0 aliphatic rings. The van der Waals surface area contributed by atoms with E-state index >= 15 is 0 Å². The third-order valence-corrected chi connectivity index (χ3v) is 2.07. The van der Waals surface area contributed by atoms with Crippen LogP contribution in [0.4, 0.5) is 0 Å². The summed E-state index contributed by atoms with van der Waals surface area (Å²) in [5.41, 5.74) is 7.86. The molecule has 1 rings (SSSR count). The number of Topliss-reactive ketones (excluding diaryl/α,β-unsaturated/α-hetero) is 1. The maximum atomic E-state index is 11.8. The van der Waals surface area contributed by atoms with Crippen molar-refractivity contribution in [3.63, 3.8) is 0 Å². The molecule has 0 spiro atoms. The van der Waals surface area contributed by atoms with Crippen molar-refractivity contribution in [3.8, 4) is 0 Å². The number of carbonyl (C=O) groups is 1. The molecule has 1 aromatic rings. The van der Waals surface area contributed by atoms with Crippen LogP contribution in [0, 0.1) is 13.8 Å². The van der Waals surface area contributed by atoms with Crippen LogP contribution in [0.3, 0.4) is 0 Å². The van der Waals surface area contributed by atoms with Gasteiger partial charge in [0.15, 0.2) is 5.78 Å². The van der Waals surface area contributed by atoms with Gasteiger partial charge in [-0.2, -0.15) is 0 Å². The van der Waals surface area contributed by atoms with E-state index in [1.54, 1.807) is 13.8 Å². The molecule has 0 saturated heterocycles. The third kappa shape index (κ3) is 2.42. The largest absolute Gasteiger partial charge is 0.319 e. The Morgan fingerprint density at radius 3 is 1.93 bits per heavy atom. The molecule has 2 heteroatoms. The molecule has 2 N–H and O–H groups in total. The molecule has 0 aliphatic heterocycles. The Bertz CT molecular complexity index is 341. The minimum atomic E-state index is -0.791. The molecular weight excluding hydrogens is 174 g/mol.